The lowest BCUT2D eigenvalue weighted by atomic mass is 9.94. The molecule has 57 heavy (non-hydrogen) atoms. The van der Waals surface area contributed by atoms with E-state index in [0.29, 0.717) is 0 Å². The van der Waals surface area contributed by atoms with Gasteiger partial charge < -0.3 is 9.13 Å². The molecular formula is C54H36N2S. The van der Waals surface area contributed by atoms with Gasteiger partial charge in [0.05, 0.1) is 22.1 Å². The summed E-state index contributed by atoms with van der Waals surface area (Å²) in [7, 11) is 0. The molecule has 0 atom stereocenters. The van der Waals surface area contributed by atoms with Crippen LogP contribution in [0.15, 0.2) is 188 Å². The summed E-state index contributed by atoms with van der Waals surface area (Å²) in [4.78, 5) is 1.42. The molecule has 12 rings (SSSR count). The molecule has 0 aliphatic heterocycles. The van der Waals surface area contributed by atoms with Crippen LogP contribution in [0.25, 0.3) is 105 Å². The van der Waals surface area contributed by atoms with Crippen molar-refractivity contribution in [1.29, 1.82) is 0 Å². The van der Waals surface area contributed by atoms with Crippen molar-refractivity contribution < 1.29 is 0 Å². The van der Waals surface area contributed by atoms with Crippen LogP contribution >= 0.6 is 11.3 Å². The second-order valence-corrected chi connectivity index (χ2v) is 16.3. The predicted molar refractivity (Wildman–Crippen MR) is 244 cm³/mol. The molecule has 0 radical (unpaired) electrons. The number of benzene rings is 8. The minimum absolute atomic E-state index is 1.12. The van der Waals surface area contributed by atoms with Gasteiger partial charge in [-0.3, -0.25) is 0 Å². The largest absolute Gasteiger partial charge is 0.309 e. The minimum atomic E-state index is 1.12. The molecule has 2 nitrogen and oxygen atoms in total. The van der Waals surface area contributed by atoms with Gasteiger partial charge in [0.1, 0.15) is 0 Å². The Morgan fingerprint density at radius 2 is 0.982 bits per heavy atom. The molecule has 0 saturated heterocycles. The highest BCUT2D eigenvalue weighted by molar-refractivity contribution is 7.20. The first-order chi connectivity index (χ1) is 28.3. The highest BCUT2D eigenvalue weighted by Crippen LogP contribution is 2.42. The fraction of sp³-hybridized carbons (Fsp3) is 0.0370. The van der Waals surface area contributed by atoms with Crippen LogP contribution in [0.3, 0.4) is 0 Å². The summed E-state index contributed by atoms with van der Waals surface area (Å²) in [6.45, 7) is 0. The van der Waals surface area contributed by atoms with Crippen LogP contribution in [0.1, 0.15) is 16.9 Å². The van der Waals surface area contributed by atoms with Gasteiger partial charge in [0.2, 0.25) is 0 Å². The van der Waals surface area contributed by atoms with E-state index in [4.69, 9.17) is 0 Å². The van der Waals surface area contributed by atoms with Crippen molar-refractivity contribution in [3.05, 3.63) is 199 Å². The highest BCUT2D eigenvalue weighted by atomic mass is 32.1. The number of aryl methyl sites for hydroxylation is 1. The summed E-state index contributed by atoms with van der Waals surface area (Å²) >= 11 is 1.92. The van der Waals surface area contributed by atoms with Crippen LogP contribution in [0.5, 0.6) is 0 Å². The fourth-order valence-electron chi connectivity index (χ4n) is 9.38. The van der Waals surface area contributed by atoms with Crippen LogP contribution < -0.4 is 0 Å². The first-order valence-electron chi connectivity index (χ1n) is 19.8. The Kier molecular flexibility index (Phi) is 7.26. The zero-order valence-electron chi connectivity index (χ0n) is 31.2. The maximum atomic E-state index is 2.43. The van der Waals surface area contributed by atoms with Gasteiger partial charge in [-0.2, -0.15) is 0 Å². The van der Waals surface area contributed by atoms with Gasteiger partial charge in [0, 0.05) is 47.9 Å². The third-order valence-electron chi connectivity index (χ3n) is 12.0. The van der Waals surface area contributed by atoms with Crippen molar-refractivity contribution >= 4 is 71.1 Å². The zero-order chi connectivity index (χ0) is 37.5. The van der Waals surface area contributed by atoms with Gasteiger partial charge in [-0.1, -0.05) is 121 Å². The number of para-hydroxylation sites is 2. The SMILES string of the molecule is C1=Cc2sc3cccc(-c4ccc(-n5c6ccccc6c6cc(-c7ccc8c(c7)c7ccccc7n8-c7cccc(-c8ccccc8)c7)ccc65)cc4)c3c2CC1. The molecule has 0 spiro atoms. The van der Waals surface area contributed by atoms with E-state index < -0.39 is 0 Å². The van der Waals surface area contributed by atoms with Crippen molar-refractivity contribution in [2.45, 2.75) is 12.8 Å². The van der Waals surface area contributed by atoms with Gasteiger partial charge in [-0.15, -0.1) is 11.3 Å². The Hall–Kier alpha value is -6.94. The molecule has 3 aromatic heterocycles. The molecule has 1 aliphatic carbocycles. The van der Waals surface area contributed by atoms with E-state index in [-0.39, 0.29) is 0 Å². The smallest absolute Gasteiger partial charge is 0.0541 e. The molecule has 0 fully saturated rings. The molecule has 8 aromatic carbocycles. The molecule has 3 heteroatoms. The van der Waals surface area contributed by atoms with Crippen LogP contribution in [-0.2, 0) is 6.42 Å². The van der Waals surface area contributed by atoms with Crippen molar-refractivity contribution in [2.75, 3.05) is 0 Å². The summed E-state index contributed by atoms with van der Waals surface area (Å²) in [6.07, 6.45) is 6.86. The molecular weight excluding hydrogens is 709 g/mol. The first-order valence-corrected chi connectivity index (χ1v) is 20.6. The lowest BCUT2D eigenvalue weighted by Gasteiger charge is -2.12. The lowest BCUT2D eigenvalue weighted by Crippen LogP contribution is -1.94. The number of nitrogens with zero attached hydrogens (tertiary/aromatic N) is 2. The van der Waals surface area contributed by atoms with Crippen LogP contribution in [0, 0.1) is 0 Å². The molecule has 0 saturated carbocycles. The minimum Gasteiger partial charge on any atom is -0.309 e. The molecule has 11 aromatic rings. The standard InChI is InChI=1S/C54H36N2S/c1-2-12-35(13-3-1)37-14-10-15-41(32-37)56-49-21-8-5-17-44(49)47-34-39(27-31-51(47)56)38-26-30-50-46(33-38)43-16-4-7-20-48(43)55(50)40-28-24-36(25-29-40)42-19-11-23-53-54(42)45-18-6-9-22-52(45)57-53/h1-5,7-17,19-34H,6,18H2. The average Bonchev–Trinajstić information content (AvgIpc) is 3.94. The van der Waals surface area contributed by atoms with E-state index in [9.17, 15) is 0 Å². The maximum Gasteiger partial charge on any atom is 0.0541 e. The van der Waals surface area contributed by atoms with Gasteiger partial charge in [-0.25, -0.2) is 0 Å². The Bertz CT molecular complexity index is 3390. The number of thiophene rings is 1. The quantitative estimate of drug-likeness (QED) is 0.166. The first kappa shape index (κ1) is 32.3. The maximum absolute atomic E-state index is 2.43. The highest BCUT2D eigenvalue weighted by Gasteiger charge is 2.19. The second kappa shape index (κ2) is 12.8. The number of fused-ring (bicyclic) bond motifs is 9. The summed E-state index contributed by atoms with van der Waals surface area (Å²) in [5.74, 6) is 0. The van der Waals surface area contributed by atoms with Crippen LogP contribution in [0.4, 0.5) is 0 Å². The topological polar surface area (TPSA) is 9.86 Å². The number of allylic oxidation sites excluding steroid dienone is 1. The monoisotopic (exact) mass is 744 g/mol. The van der Waals surface area contributed by atoms with E-state index in [0.717, 1.165) is 18.5 Å². The fourth-order valence-corrected chi connectivity index (χ4v) is 10.6. The molecule has 268 valence electrons. The molecule has 0 unspecified atom stereocenters. The Balaban J connectivity index is 0.960. The molecule has 0 bridgehead atoms. The van der Waals surface area contributed by atoms with Gasteiger partial charge in [0.15, 0.2) is 0 Å². The van der Waals surface area contributed by atoms with E-state index in [1.54, 1.807) is 0 Å². The number of hydrogen-bond acceptors (Lipinski definition) is 1. The summed E-state index contributed by atoms with van der Waals surface area (Å²) < 4.78 is 6.22. The van der Waals surface area contributed by atoms with Crippen molar-refractivity contribution in [3.63, 3.8) is 0 Å². The van der Waals surface area contributed by atoms with Crippen LogP contribution in [0.2, 0.25) is 0 Å². The lowest BCUT2D eigenvalue weighted by molar-refractivity contribution is 1.01. The average molecular weight is 745 g/mol. The number of rotatable bonds is 5. The van der Waals surface area contributed by atoms with E-state index >= 15 is 0 Å². The molecule has 0 amide bonds. The predicted octanol–water partition coefficient (Wildman–Crippen LogP) is 15.1. The Morgan fingerprint density at radius 3 is 1.70 bits per heavy atom. The third kappa shape index (κ3) is 5.09. The van der Waals surface area contributed by atoms with E-state index in [1.165, 1.54) is 103 Å². The van der Waals surface area contributed by atoms with Gasteiger partial charge in [0.25, 0.3) is 0 Å². The van der Waals surface area contributed by atoms with Gasteiger partial charge in [-0.05, 0) is 125 Å². The van der Waals surface area contributed by atoms with Crippen molar-refractivity contribution in [1.82, 2.24) is 9.13 Å². The zero-order valence-corrected chi connectivity index (χ0v) is 32.0. The third-order valence-corrected chi connectivity index (χ3v) is 13.2. The summed E-state index contributed by atoms with van der Waals surface area (Å²) in [6, 6.07) is 67.1. The molecule has 1 aliphatic rings. The number of aromatic nitrogens is 2. The summed E-state index contributed by atoms with van der Waals surface area (Å²) in [5, 5.41) is 6.46. The van der Waals surface area contributed by atoms with Crippen molar-refractivity contribution in [3.8, 4) is 44.8 Å². The van der Waals surface area contributed by atoms with Gasteiger partial charge >= 0.3 is 0 Å². The normalized spacial score (nSPS) is 12.7. The molecule has 0 N–H and O–H groups in total. The second-order valence-electron chi connectivity index (χ2n) is 15.2. The Morgan fingerprint density at radius 1 is 0.404 bits per heavy atom. The van der Waals surface area contributed by atoms with E-state index in [2.05, 4.69) is 203 Å². The number of hydrogen-bond donors (Lipinski definition) is 0. The van der Waals surface area contributed by atoms with E-state index in [1.807, 2.05) is 11.3 Å². The van der Waals surface area contributed by atoms with Crippen molar-refractivity contribution in [2.24, 2.45) is 0 Å². The van der Waals surface area contributed by atoms with Crippen LogP contribution in [-0.4, -0.2) is 9.13 Å². The summed E-state index contributed by atoms with van der Waals surface area (Å²) in [5.41, 5.74) is 16.2. The molecule has 3 heterocycles. The Labute approximate surface area is 334 Å².